The Morgan fingerprint density at radius 3 is 2.57 bits per heavy atom. The summed E-state index contributed by atoms with van der Waals surface area (Å²) in [5.41, 5.74) is 7.61. The van der Waals surface area contributed by atoms with Crippen LogP contribution >= 0.6 is 0 Å². The Hall–Kier alpha value is -2.10. The van der Waals surface area contributed by atoms with E-state index in [1.54, 1.807) is 12.1 Å². The third-order valence-corrected chi connectivity index (χ3v) is 1.88. The standard InChI is InChI=1S/C10H9N3O/c11-8-3-1-7(2-4-8)9-5-10(14)13-6-12-9/h1-6H,11H2,(H,12,13,14). The zero-order valence-corrected chi connectivity index (χ0v) is 7.40. The van der Waals surface area contributed by atoms with Crippen molar-refractivity contribution in [1.82, 2.24) is 9.97 Å². The van der Waals surface area contributed by atoms with E-state index in [-0.39, 0.29) is 5.56 Å². The Kier molecular flexibility index (Phi) is 2.02. The van der Waals surface area contributed by atoms with Gasteiger partial charge in [0.05, 0.1) is 12.0 Å². The minimum absolute atomic E-state index is 0.160. The molecule has 1 aromatic carbocycles. The van der Waals surface area contributed by atoms with Crippen LogP contribution in [0.3, 0.4) is 0 Å². The first kappa shape index (κ1) is 8.50. The molecule has 1 heterocycles. The fourth-order valence-electron chi connectivity index (χ4n) is 1.18. The molecule has 0 aliphatic carbocycles. The predicted molar refractivity (Wildman–Crippen MR) is 54.7 cm³/mol. The molecule has 0 fully saturated rings. The molecule has 0 unspecified atom stereocenters. The Morgan fingerprint density at radius 2 is 1.93 bits per heavy atom. The van der Waals surface area contributed by atoms with E-state index in [0.29, 0.717) is 11.4 Å². The normalized spacial score (nSPS) is 10.0. The number of aromatic nitrogens is 2. The molecule has 0 radical (unpaired) electrons. The molecular formula is C10H9N3O. The molecule has 14 heavy (non-hydrogen) atoms. The van der Waals surface area contributed by atoms with Gasteiger partial charge in [0, 0.05) is 17.3 Å². The number of H-pyrrole nitrogens is 1. The Bertz CT molecular complexity index is 487. The van der Waals surface area contributed by atoms with Crippen molar-refractivity contribution in [2.24, 2.45) is 0 Å². The fraction of sp³-hybridized carbons (Fsp3) is 0. The highest BCUT2D eigenvalue weighted by Gasteiger charge is 1.98. The molecule has 4 nitrogen and oxygen atoms in total. The molecule has 0 aliphatic rings. The van der Waals surface area contributed by atoms with Crippen LogP contribution in [-0.4, -0.2) is 9.97 Å². The number of hydrogen-bond acceptors (Lipinski definition) is 3. The van der Waals surface area contributed by atoms with Gasteiger partial charge in [0.15, 0.2) is 0 Å². The first-order chi connectivity index (χ1) is 6.75. The number of anilines is 1. The number of nitrogens with one attached hydrogen (secondary N) is 1. The number of benzene rings is 1. The Labute approximate surface area is 80.4 Å². The zero-order chi connectivity index (χ0) is 9.97. The van der Waals surface area contributed by atoms with Crippen LogP contribution in [0.5, 0.6) is 0 Å². The summed E-state index contributed by atoms with van der Waals surface area (Å²) >= 11 is 0. The van der Waals surface area contributed by atoms with Crippen molar-refractivity contribution < 1.29 is 0 Å². The summed E-state index contributed by atoms with van der Waals surface area (Å²) in [6.07, 6.45) is 1.38. The highest BCUT2D eigenvalue weighted by Crippen LogP contribution is 2.15. The second-order valence-electron chi connectivity index (χ2n) is 2.92. The van der Waals surface area contributed by atoms with E-state index < -0.39 is 0 Å². The van der Waals surface area contributed by atoms with Crippen LogP contribution in [0, 0.1) is 0 Å². The monoisotopic (exact) mass is 187 g/mol. The lowest BCUT2D eigenvalue weighted by Gasteiger charge is -1.99. The van der Waals surface area contributed by atoms with Gasteiger partial charge in [-0.25, -0.2) is 4.98 Å². The number of hydrogen-bond donors (Lipinski definition) is 2. The largest absolute Gasteiger partial charge is 0.399 e. The summed E-state index contributed by atoms with van der Waals surface area (Å²) in [5, 5.41) is 0. The van der Waals surface area contributed by atoms with Gasteiger partial charge in [-0.2, -0.15) is 0 Å². The first-order valence-corrected chi connectivity index (χ1v) is 4.16. The summed E-state index contributed by atoms with van der Waals surface area (Å²) in [6, 6.07) is 8.66. The molecule has 0 amide bonds. The van der Waals surface area contributed by atoms with Crippen molar-refractivity contribution in [1.29, 1.82) is 0 Å². The third kappa shape index (κ3) is 1.64. The maximum atomic E-state index is 11.0. The van der Waals surface area contributed by atoms with Crippen molar-refractivity contribution in [2.45, 2.75) is 0 Å². The molecule has 0 bridgehead atoms. The van der Waals surface area contributed by atoms with Gasteiger partial charge in [-0.1, -0.05) is 12.1 Å². The average Bonchev–Trinajstić information content (AvgIpc) is 2.19. The van der Waals surface area contributed by atoms with Crippen LogP contribution in [0.25, 0.3) is 11.3 Å². The van der Waals surface area contributed by atoms with E-state index in [0.717, 1.165) is 5.56 Å². The van der Waals surface area contributed by atoms with Gasteiger partial charge >= 0.3 is 0 Å². The highest BCUT2D eigenvalue weighted by molar-refractivity contribution is 5.61. The van der Waals surface area contributed by atoms with Gasteiger partial charge < -0.3 is 10.7 Å². The average molecular weight is 187 g/mol. The van der Waals surface area contributed by atoms with E-state index in [9.17, 15) is 4.79 Å². The molecule has 1 aromatic heterocycles. The molecule has 2 aromatic rings. The maximum Gasteiger partial charge on any atom is 0.251 e. The van der Waals surface area contributed by atoms with Crippen molar-refractivity contribution in [3.63, 3.8) is 0 Å². The van der Waals surface area contributed by atoms with Crippen molar-refractivity contribution >= 4 is 5.69 Å². The number of aromatic amines is 1. The lowest BCUT2D eigenvalue weighted by atomic mass is 10.1. The van der Waals surface area contributed by atoms with E-state index in [1.165, 1.54) is 12.4 Å². The first-order valence-electron chi connectivity index (χ1n) is 4.16. The summed E-state index contributed by atoms with van der Waals surface area (Å²) in [5.74, 6) is 0. The van der Waals surface area contributed by atoms with Gasteiger partial charge in [0.1, 0.15) is 0 Å². The molecule has 4 heteroatoms. The van der Waals surface area contributed by atoms with E-state index in [4.69, 9.17) is 5.73 Å². The maximum absolute atomic E-state index is 11.0. The van der Waals surface area contributed by atoms with Gasteiger partial charge in [-0.3, -0.25) is 4.79 Å². The summed E-state index contributed by atoms with van der Waals surface area (Å²) in [6.45, 7) is 0. The number of nitrogen functional groups attached to an aromatic ring is 1. The topological polar surface area (TPSA) is 71.8 Å². The fourth-order valence-corrected chi connectivity index (χ4v) is 1.18. The number of rotatable bonds is 1. The van der Waals surface area contributed by atoms with Gasteiger partial charge in [0.25, 0.3) is 5.56 Å². The van der Waals surface area contributed by atoms with E-state index in [1.807, 2.05) is 12.1 Å². The van der Waals surface area contributed by atoms with Crippen LogP contribution in [0.2, 0.25) is 0 Å². The van der Waals surface area contributed by atoms with Crippen LogP contribution in [0.15, 0.2) is 41.5 Å². The van der Waals surface area contributed by atoms with E-state index in [2.05, 4.69) is 9.97 Å². The molecule has 0 spiro atoms. The highest BCUT2D eigenvalue weighted by atomic mass is 16.1. The molecule has 2 rings (SSSR count). The quantitative estimate of drug-likeness (QED) is 0.654. The van der Waals surface area contributed by atoms with Crippen LogP contribution in [-0.2, 0) is 0 Å². The van der Waals surface area contributed by atoms with Gasteiger partial charge in [0.2, 0.25) is 0 Å². The van der Waals surface area contributed by atoms with Crippen LogP contribution < -0.4 is 11.3 Å². The second kappa shape index (κ2) is 3.33. The molecule has 0 saturated carbocycles. The SMILES string of the molecule is Nc1ccc(-c2cc(=O)[nH]cn2)cc1. The number of nitrogens with two attached hydrogens (primary N) is 1. The van der Waals surface area contributed by atoms with Crippen LogP contribution in [0.1, 0.15) is 0 Å². The zero-order valence-electron chi connectivity index (χ0n) is 7.40. The molecule has 0 aliphatic heterocycles. The predicted octanol–water partition coefficient (Wildman–Crippen LogP) is 1.02. The third-order valence-electron chi connectivity index (χ3n) is 1.88. The van der Waals surface area contributed by atoms with Gasteiger partial charge in [-0.15, -0.1) is 0 Å². The minimum Gasteiger partial charge on any atom is -0.399 e. The second-order valence-corrected chi connectivity index (χ2v) is 2.92. The van der Waals surface area contributed by atoms with E-state index >= 15 is 0 Å². The molecular weight excluding hydrogens is 178 g/mol. The Morgan fingerprint density at radius 1 is 1.21 bits per heavy atom. The van der Waals surface area contributed by atoms with Crippen LogP contribution in [0.4, 0.5) is 5.69 Å². The minimum atomic E-state index is -0.160. The number of nitrogens with zero attached hydrogens (tertiary/aromatic N) is 1. The molecule has 3 N–H and O–H groups in total. The summed E-state index contributed by atoms with van der Waals surface area (Å²) in [4.78, 5) is 17.5. The Balaban J connectivity index is 2.50. The van der Waals surface area contributed by atoms with Crippen molar-refractivity contribution in [3.8, 4) is 11.3 Å². The molecule has 70 valence electrons. The lowest BCUT2D eigenvalue weighted by Crippen LogP contribution is -2.04. The molecule has 0 atom stereocenters. The van der Waals surface area contributed by atoms with Crippen molar-refractivity contribution in [3.05, 3.63) is 47.0 Å². The van der Waals surface area contributed by atoms with Gasteiger partial charge in [-0.05, 0) is 12.1 Å². The summed E-state index contributed by atoms with van der Waals surface area (Å²) < 4.78 is 0. The smallest absolute Gasteiger partial charge is 0.251 e. The lowest BCUT2D eigenvalue weighted by molar-refractivity contribution is 1.12. The summed E-state index contributed by atoms with van der Waals surface area (Å²) in [7, 11) is 0. The van der Waals surface area contributed by atoms with Crippen molar-refractivity contribution in [2.75, 3.05) is 5.73 Å². The molecule has 0 saturated heterocycles.